The van der Waals surface area contributed by atoms with Crippen LogP contribution in [0.4, 0.5) is 14.5 Å². The molecule has 1 heterocycles. The van der Waals surface area contributed by atoms with Gasteiger partial charge in [-0.3, -0.25) is 4.79 Å². The molecule has 0 aliphatic heterocycles. The van der Waals surface area contributed by atoms with E-state index in [0.29, 0.717) is 11.3 Å². The number of hydrogen-bond donors (Lipinski definition) is 1. The highest BCUT2D eigenvalue weighted by molar-refractivity contribution is 6.05. The molecule has 3 aromatic rings. The Morgan fingerprint density at radius 1 is 1.00 bits per heavy atom. The third-order valence-electron chi connectivity index (χ3n) is 3.74. The lowest BCUT2D eigenvalue weighted by Crippen LogP contribution is -2.13. The van der Waals surface area contributed by atoms with Gasteiger partial charge in [-0.05, 0) is 43.2 Å². The van der Waals surface area contributed by atoms with Crippen molar-refractivity contribution in [2.24, 2.45) is 0 Å². The fourth-order valence-corrected chi connectivity index (χ4v) is 2.73. The van der Waals surface area contributed by atoms with E-state index < -0.39 is 18.1 Å². The Bertz CT molecular complexity index is 881. The van der Waals surface area contributed by atoms with Crippen molar-refractivity contribution in [3.05, 3.63) is 77.0 Å². The number of amides is 1. The number of aryl methyl sites for hydroxylation is 2. The van der Waals surface area contributed by atoms with Crippen LogP contribution in [0.15, 0.2) is 59.0 Å². The van der Waals surface area contributed by atoms with E-state index in [1.165, 1.54) is 6.07 Å². The minimum Gasteiger partial charge on any atom is -0.454 e. The molecule has 1 amide bonds. The third-order valence-corrected chi connectivity index (χ3v) is 3.74. The zero-order valence-electron chi connectivity index (χ0n) is 13.8. The highest BCUT2D eigenvalue weighted by atomic mass is 19.3. The van der Waals surface area contributed by atoms with Crippen LogP contribution >= 0.6 is 0 Å². The number of alkyl halides is 2. The van der Waals surface area contributed by atoms with Crippen LogP contribution in [0.2, 0.25) is 0 Å². The molecule has 0 aliphatic carbocycles. The molecule has 25 heavy (non-hydrogen) atoms. The molecule has 128 valence electrons. The Kier molecular flexibility index (Phi) is 4.65. The van der Waals surface area contributed by atoms with Crippen molar-refractivity contribution in [3.8, 4) is 11.3 Å². The van der Waals surface area contributed by atoms with Gasteiger partial charge in [0.15, 0.2) is 5.76 Å². The number of anilines is 1. The molecule has 0 radical (unpaired) electrons. The van der Waals surface area contributed by atoms with Crippen molar-refractivity contribution in [2.75, 3.05) is 5.32 Å². The molecule has 1 aromatic heterocycles. The van der Waals surface area contributed by atoms with E-state index in [2.05, 4.69) is 5.32 Å². The highest BCUT2D eigenvalue weighted by Gasteiger charge is 2.25. The normalized spacial score (nSPS) is 10.9. The lowest BCUT2D eigenvalue weighted by molar-refractivity contribution is 0.0984. The van der Waals surface area contributed by atoms with Gasteiger partial charge in [0.05, 0.1) is 5.56 Å². The number of halogens is 2. The summed E-state index contributed by atoms with van der Waals surface area (Å²) in [6, 6.07) is 15.7. The smallest absolute Gasteiger partial charge is 0.296 e. The van der Waals surface area contributed by atoms with E-state index in [-0.39, 0.29) is 11.3 Å². The van der Waals surface area contributed by atoms with Gasteiger partial charge in [0.25, 0.3) is 12.3 Å². The maximum Gasteiger partial charge on any atom is 0.296 e. The largest absolute Gasteiger partial charge is 0.454 e. The first kappa shape index (κ1) is 16.9. The average Bonchev–Trinajstić information content (AvgIpc) is 3.00. The molecular formula is C20H17F2NO2. The molecule has 0 saturated carbocycles. The monoisotopic (exact) mass is 341 g/mol. The van der Waals surface area contributed by atoms with Crippen LogP contribution in [0.25, 0.3) is 11.3 Å². The Balaban J connectivity index is 1.95. The average molecular weight is 341 g/mol. The van der Waals surface area contributed by atoms with Crippen molar-refractivity contribution < 1.29 is 18.0 Å². The van der Waals surface area contributed by atoms with Gasteiger partial charge >= 0.3 is 0 Å². The van der Waals surface area contributed by atoms with Crippen molar-refractivity contribution in [2.45, 2.75) is 20.3 Å². The molecule has 0 saturated heterocycles. The number of furan rings is 1. The second-order valence-corrected chi connectivity index (χ2v) is 5.89. The first-order chi connectivity index (χ1) is 11.9. The van der Waals surface area contributed by atoms with Crippen LogP contribution in [-0.2, 0) is 0 Å². The van der Waals surface area contributed by atoms with Crippen LogP contribution in [0.5, 0.6) is 0 Å². The van der Waals surface area contributed by atoms with Gasteiger partial charge in [-0.15, -0.1) is 0 Å². The molecular weight excluding hydrogens is 324 g/mol. The minimum atomic E-state index is -2.88. The van der Waals surface area contributed by atoms with E-state index in [4.69, 9.17) is 4.42 Å². The number of nitrogens with one attached hydrogen (secondary N) is 1. The first-order valence-electron chi connectivity index (χ1n) is 7.81. The Morgan fingerprint density at radius 2 is 1.64 bits per heavy atom. The lowest BCUT2D eigenvalue weighted by Gasteiger charge is -2.07. The van der Waals surface area contributed by atoms with Gasteiger partial charge in [0.2, 0.25) is 0 Å². The Labute approximate surface area is 144 Å². The number of rotatable bonds is 4. The van der Waals surface area contributed by atoms with Crippen LogP contribution < -0.4 is 5.32 Å². The summed E-state index contributed by atoms with van der Waals surface area (Å²) in [7, 11) is 0. The Hall–Kier alpha value is -2.95. The molecule has 5 heteroatoms. The number of hydrogen-bond acceptors (Lipinski definition) is 2. The zero-order valence-corrected chi connectivity index (χ0v) is 13.8. The van der Waals surface area contributed by atoms with Gasteiger partial charge in [-0.2, -0.15) is 0 Å². The standard InChI is InChI=1S/C20H17F2NO2/c1-12-8-13(2)10-15(9-12)23-20(24)16-11-17(25-18(16)19(21)22)14-6-4-3-5-7-14/h3-11,19H,1-2H3,(H,23,24). The van der Waals surface area contributed by atoms with E-state index in [1.54, 1.807) is 36.4 Å². The molecule has 1 N–H and O–H groups in total. The molecule has 0 aliphatic rings. The summed E-state index contributed by atoms with van der Waals surface area (Å²) < 4.78 is 31.9. The van der Waals surface area contributed by atoms with Gasteiger partial charge in [0.1, 0.15) is 5.76 Å². The van der Waals surface area contributed by atoms with Gasteiger partial charge in [0, 0.05) is 11.3 Å². The number of carbonyl (C=O) groups is 1. The predicted octanol–water partition coefficient (Wildman–Crippen LogP) is 5.75. The number of carbonyl (C=O) groups excluding carboxylic acids is 1. The van der Waals surface area contributed by atoms with Crippen molar-refractivity contribution in [1.29, 1.82) is 0 Å². The SMILES string of the molecule is Cc1cc(C)cc(NC(=O)c2cc(-c3ccccc3)oc2C(F)F)c1. The zero-order chi connectivity index (χ0) is 18.0. The molecule has 0 atom stereocenters. The summed E-state index contributed by atoms with van der Waals surface area (Å²) in [4.78, 5) is 12.5. The topological polar surface area (TPSA) is 42.2 Å². The molecule has 0 bridgehead atoms. The quantitative estimate of drug-likeness (QED) is 0.656. The van der Waals surface area contributed by atoms with E-state index in [1.807, 2.05) is 26.0 Å². The Morgan fingerprint density at radius 3 is 2.24 bits per heavy atom. The van der Waals surface area contributed by atoms with Gasteiger partial charge in [-0.1, -0.05) is 36.4 Å². The minimum absolute atomic E-state index is 0.159. The van der Waals surface area contributed by atoms with Gasteiger partial charge in [-0.25, -0.2) is 8.78 Å². The van der Waals surface area contributed by atoms with Crippen molar-refractivity contribution >= 4 is 11.6 Å². The highest BCUT2D eigenvalue weighted by Crippen LogP contribution is 2.32. The number of benzene rings is 2. The van der Waals surface area contributed by atoms with Crippen LogP contribution in [0.3, 0.4) is 0 Å². The second kappa shape index (κ2) is 6.89. The van der Waals surface area contributed by atoms with Crippen LogP contribution in [0.1, 0.15) is 33.7 Å². The summed E-state index contributed by atoms with van der Waals surface area (Å²) in [5.74, 6) is -1.01. The van der Waals surface area contributed by atoms with E-state index >= 15 is 0 Å². The summed E-state index contributed by atoms with van der Waals surface area (Å²) in [6.45, 7) is 3.80. The molecule has 0 spiro atoms. The second-order valence-electron chi connectivity index (χ2n) is 5.89. The first-order valence-corrected chi connectivity index (χ1v) is 7.81. The van der Waals surface area contributed by atoms with Gasteiger partial charge < -0.3 is 9.73 Å². The predicted molar refractivity (Wildman–Crippen MR) is 93.0 cm³/mol. The summed E-state index contributed by atoms with van der Waals surface area (Å²) in [5.41, 5.74) is 2.98. The molecule has 0 fully saturated rings. The summed E-state index contributed by atoms with van der Waals surface area (Å²) in [6.07, 6.45) is -2.88. The summed E-state index contributed by atoms with van der Waals surface area (Å²) >= 11 is 0. The molecule has 2 aromatic carbocycles. The van der Waals surface area contributed by atoms with E-state index in [0.717, 1.165) is 11.1 Å². The third kappa shape index (κ3) is 3.76. The lowest BCUT2D eigenvalue weighted by atomic mass is 10.1. The maximum atomic E-state index is 13.3. The summed E-state index contributed by atoms with van der Waals surface area (Å²) in [5, 5.41) is 2.67. The van der Waals surface area contributed by atoms with Crippen molar-refractivity contribution in [1.82, 2.24) is 0 Å². The molecule has 0 unspecified atom stereocenters. The van der Waals surface area contributed by atoms with Crippen LogP contribution in [-0.4, -0.2) is 5.91 Å². The van der Waals surface area contributed by atoms with Crippen LogP contribution in [0, 0.1) is 13.8 Å². The molecule has 3 nitrogen and oxygen atoms in total. The fraction of sp³-hybridized carbons (Fsp3) is 0.150. The maximum absolute atomic E-state index is 13.3. The molecule has 3 rings (SSSR count). The van der Waals surface area contributed by atoms with E-state index in [9.17, 15) is 13.6 Å². The van der Waals surface area contributed by atoms with Crippen molar-refractivity contribution in [3.63, 3.8) is 0 Å². The fourth-order valence-electron chi connectivity index (χ4n) is 2.73.